The van der Waals surface area contributed by atoms with Gasteiger partial charge < -0.3 is 29.1 Å². The molecule has 0 spiro atoms. The maximum absolute atomic E-state index is 13.1. The lowest BCUT2D eigenvalue weighted by Gasteiger charge is -2.27. The first-order chi connectivity index (χ1) is 15.8. The number of methoxy groups -OCH3 is 2. The third kappa shape index (κ3) is 4.96. The molecule has 1 aliphatic rings. The molecule has 0 unspecified atom stereocenters. The zero-order chi connectivity index (χ0) is 24.1. The SMILES string of the molecule is CCOc1ccc([C@@H]2/C(=C(\O)c3cccc(OC)c3)C(=O)C(=O)N2CCN(C)C)cc1OC. The fourth-order valence-electron chi connectivity index (χ4n) is 3.82. The van der Waals surface area contributed by atoms with Crippen molar-refractivity contribution in [3.05, 3.63) is 59.2 Å². The summed E-state index contributed by atoms with van der Waals surface area (Å²) in [7, 11) is 6.83. The van der Waals surface area contributed by atoms with E-state index in [-0.39, 0.29) is 11.3 Å². The van der Waals surface area contributed by atoms with Crippen LogP contribution in [0.5, 0.6) is 17.2 Å². The number of carbonyl (C=O) groups excluding carboxylic acids is 2. The minimum atomic E-state index is -0.777. The molecule has 176 valence electrons. The predicted molar refractivity (Wildman–Crippen MR) is 125 cm³/mol. The van der Waals surface area contributed by atoms with Crippen LogP contribution in [0, 0.1) is 0 Å². The Kier molecular flexibility index (Phi) is 7.60. The lowest BCUT2D eigenvalue weighted by atomic mass is 9.95. The van der Waals surface area contributed by atoms with E-state index in [0.717, 1.165) is 0 Å². The maximum atomic E-state index is 13.1. The second-order valence-electron chi connectivity index (χ2n) is 7.87. The van der Waals surface area contributed by atoms with Crippen LogP contribution in [0.1, 0.15) is 24.1 Å². The van der Waals surface area contributed by atoms with Gasteiger partial charge in [-0.2, -0.15) is 0 Å². The Morgan fingerprint density at radius 1 is 1.06 bits per heavy atom. The van der Waals surface area contributed by atoms with Crippen molar-refractivity contribution < 1.29 is 28.9 Å². The van der Waals surface area contributed by atoms with Gasteiger partial charge in [-0.25, -0.2) is 0 Å². The van der Waals surface area contributed by atoms with Crippen molar-refractivity contribution in [2.75, 3.05) is 48.0 Å². The molecule has 2 aromatic rings. The zero-order valence-corrected chi connectivity index (χ0v) is 19.6. The molecular weight excluding hydrogens is 424 g/mol. The van der Waals surface area contributed by atoms with Gasteiger partial charge in [0.15, 0.2) is 11.5 Å². The molecule has 3 rings (SSSR count). The van der Waals surface area contributed by atoms with Gasteiger partial charge in [0.25, 0.3) is 11.7 Å². The Bertz CT molecular complexity index is 1060. The van der Waals surface area contributed by atoms with Crippen molar-refractivity contribution in [2.24, 2.45) is 0 Å². The van der Waals surface area contributed by atoms with Crippen molar-refractivity contribution in [3.63, 3.8) is 0 Å². The number of rotatable bonds is 9. The number of hydrogen-bond acceptors (Lipinski definition) is 7. The van der Waals surface area contributed by atoms with Crippen molar-refractivity contribution in [2.45, 2.75) is 13.0 Å². The van der Waals surface area contributed by atoms with Gasteiger partial charge in [0.1, 0.15) is 11.5 Å². The van der Waals surface area contributed by atoms with E-state index in [1.54, 1.807) is 42.5 Å². The summed E-state index contributed by atoms with van der Waals surface area (Å²) in [6.07, 6.45) is 0. The largest absolute Gasteiger partial charge is 0.507 e. The second kappa shape index (κ2) is 10.4. The van der Waals surface area contributed by atoms with Gasteiger partial charge in [0.05, 0.1) is 32.4 Å². The van der Waals surface area contributed by atoms with Crippen LogP contribution in [0.15, 0.2) is 48.0 Å². The number of ketones is 1. The number of carbonyl (C=O) groups is 2. The van der Waals surface area contributed by atoms with Crippen molar-refractivity contribution in [3.8, 4) is 17.2 Å². The molecule has 0 radical (unpaired) electrons. The first-order valence-electron chi connectivity index (χ1n) is 10.7. The molecule has 0 aliphatic carbocycles. The van der Waals surface area contributed by atoms with E-state index in [9.17, 15) is 14.7 Å². The number of aliphatic hydroxyl groups excluding tert-OH is 1. The monoisotopic (exact) mass is 454 g/mol. The molecule has 0 saturated carbocycles. The number of likely N-dealkylation sites (tertiary alicyclic amines) is 1. The lowest BCUT2D eigenvalue weighted by molar-refractivity contribution is -0.140. The fourth-order valence-corrected chi connectivity index (χ4v) is 3.82. The average molecular weight is 455 g/mol. The van der Waals surface area contributed by atoms with E-state index in [4.69, 9.17) is 14.2 Å². The fraction of sp³-hybridized carbons (Fsp3) is 0.360. The van der Waals surface area contributed by atoms with E-state index in [0.29, 0.717) is 48.1 Å². The van der Waals surface area contributed by atoms with Crippen LogP contribution in [0.3, 0.4) is 0 Å². The normalized spacial score (nSPS) is 17.5. The smallest absolute Gasteiger partial charge is 0.295 e. The van der Waals surface area contributed by atoms with E-state index in [1.807, 2.05) is 25.9 Å². The third-order valence-corrected chi connectivity index (χ3v) is 5.47. The van der Waals surface area contributed by atoms with E-state index in [1.165, 1.54) is 19.1 Å². The van der Waals surface area contributed by atoms with Gasteiger partial charge in [-0.15, -0.1) is 0 Å². The average Bonchev–Trinajstić information content (AvgIpc) is 3.07. The molecule has 0 aromatic heterocycles. The molecule has 8 nitrogen and oxygen atoms in total. The topological polar surface area (TPSA) is 88.5 Å². The highest BCUT2D eigenvalue weighted by Gasteiger charge is 2.46. The van der Waals surface area contributed by atoms with Crippen LogP contribution in [0.2, 0.25) is 0 Å². The Hall–Kier alpha value is -3.52. The van der Waals surface area contributed by atoms with Crippen LogP contribution >= 0.6 is 0 Å². The van der Waals surface area contributed by atoms with Gasteiger partial charge in [0, 0.05) is 18.7 Å². The minimum absolute atomic E-state index is 0.0261. The second-order valence-corrected chi connectivity index (χ2v) is 7.87. The van der Waals surface area contributed by atoms with Gasteiger partial charge in [-0.1, -0.05) is 18.2 Å². The number of likely N-dealkylation sites (N-methyl/N-ethyl adjacent to an activating group) is 1. The molecule has 8 heteroatoms. The van der Waals surface area contributed by atoms with E-state index < -0.39 is 17.7 Å². The standard InChI is InChI=1S/C25H30N2O6/c1-6-33-19-11-10-16(15-20(19)32-5)22-21(23(28)17-8-7-9-18(14-17)31-4)24(29)25(30)27(22)13-12-26(2)3/h7-11,14-15,22,28H,6,12-13H2,1-5H3/b23-21+/t22-/m1/s1. The number of nitrogens with zero attached hydrogens (tertiary/aromatic N) is 2. The third-order valence-electron chi connectivity index (χ3n) is 5.47. The van der Waals surface area contributed by atoms with Crippen LogP contribution in [-0.2, 0) is 9.59 Å². The summed E-state index contributed by atoms with van der Waals surface area (Å²) in [5.41, 5.74) is 1.05. The van der Waals surface area contributed by atoms with Crippen molar-refractivity contribution >= 4 is 17.4 Å². The first kappa shape index (κ1) is 24.1. The van der Waals surface area contributed by atoms with Crippen molar-refractivity contribution in [1.29, 1.82) is 0 Å². The highest BCUT2D eigenvalue weighted by Crippen LogP contribution is 2.42. The Morgan fingerprint density at radius 2 is 1.82 bits per heavy atom. The maximum Gasteiger partial charge on any atom is 0.295 e. The quantitative estimate of drug-likeness (QED) is 0.354. The number of aliphatic hydroxyl groups is 1. The zero-order valence-electron chi connectivity index (χ0n) is 19.6. The van der Waals surface area contributed by atoms with Gasteiger partial charge in [0.2, 0.25) is 0 Å². The number of Topliss-reactive ketones (excluding diaryl/α,β-unsaturated/α-hetero) is 1. The summed E-state index contributed by atoms with van der Waals surface area (Å²) in [6.45, 7) is 3.20. The number of amides is 1. The van der Waals surface area contributed by atoms with Gasteiger partial charge in [-0.3, -0.25) is 9.59 Å². The highest BCUT2D eigenvalue weighted by atomic mass is 16.5. The Balaban J connectivity index is 2.18. The van der Waals surface area contributed by atoms with Gasteiger partial charge >= 0.3 is 0 Å². The van der Waals surface area contributed by atoms with Crippen LogP contribution in [-0.4, -0.2) is 74.6 Å². The molecule has 2 aromatic carbocycles. The summed E-state index contributed by atoms with van der Waals surface area (Å²) in [5, 5.41) is 11.2. The molecule has 1 saturated heterocycles. The van der Waals surface area contributed by atoms with E-state index >= 15 is 0 Å². The van der Waals surface area contributed by atoms with Crippen LogP contribution < -0.4 is 14.2 Å². The van der Waals surface area contributed by atoms with Crippen LogP contribution in [0.25, 0.3) is 5.76 Å². The highest BCUT2D eigenvalue weighted by molar-refractivity contribution is 6.46. The predicted octanol–water partition coefficient (Wildman–Crippen LogP) is 3.09. The number of benzene rings is 2. The van der Waals surface area contributed by atoms with Crippen LogP contribution in [0.4, 0.5) is 0 Å². The van der Waals surface area contributed by atoms with Gasteiger partial charge in [-0.05, 0) is 50.8 Å². The molecule has 1 heterocycles. The summed E-state index contributed by atoms with van der Waals surface area (Å²) in [6, 6.07) is 11.2. The summed E-state index contributed by atoms with van der Waals surface area (Å²) in [5.74, 6) is -0.0700. The molecule has 1 fully saturated rings. The molecule has 1 aliphatic heterocycles. The lowest BCUT2D eigenvalue weighted by Crippen LogP contribution is -2.35. The Morgan fingerprint density at radius 3 is 2.45 bits per heavy atom. The minimum Gasteiger partial charge on any atom is -0.507 e. The summed E-state index contributed by atoms with van der Waals surface area (Å²) >= 11 is 0. The molecular formula is C25H30N2O6. The van der Waals surface area contributed by atoms with E-state index in [2.05, 4.69) is 0 Å². The molecule has 1 atom stereocenters. The Labute approximate surface area is 194 Å². The molecule has 33 heavy (non-hydrogen) atoms. The van der Waals surface area contributed by atoms with Crippen molar-refractivity contribution in [1.82, 2.24) is 9.80 Å². The molecule has 1 amide bonds. The summed E-state index contributed by atoms with van der Waals surface area (Å²) < 4.78 is 16.3. The molecule has 1 N–H and O–H groups in total. The summed E-state index contributed by atoms with van der Waals surface area (Å²) in [4.78, 5) is 29.6. The number of ether oxygens (including phenoxy) is 3. The first-order valence-corrected chi connectivity index (χ1v) is 10.7. The molecule has 0 bridgehead atoms. The number of hydrogen-bond donors (Lipinski definition) is 1.